The highest BCUT2D eigenvalue weighted by Gasteiger charge is 1.97. The molecule has 1 rings (SSSR count). The first kappa shape index (κ1) is 10.0. The van der Waals surface area contributed by atoms with Crippen molar-refractivity contribution < 1.29 is 4.39 Å². The zero-order chi connectivity index (χ0) is 10.4. The molecule has 0 spiro atoms. The van der Waals surface area contributed by atoms with Crippen molar-refractivity contribution in [2.75, 3.05) is 5.43 Å². The number of benzene rings is 1. The second kappa shape index (κ2) is 4.86. The Labute approximate surface area is 81.1 Å². The molecular formula is C9H11FN4. The molecule has 0 bridgehead atoms. The Morgan fingerprint density at radius 2 is 2.00 bits per heavy atom. The van der Waals surface area contributed by atoms with Gasteiger partial charge in [-0.3, -0.25) is 10.9 Å². The summed E-state index contributed by atoms with van der Waals surface area (Å²) in [5, 5.41) is 6.62. The smallest absolute Gasteiger partial charge is 0.182 e. The molecule has 0 unspecified atom stereocenters. The summed E-state index contributed by atoms with van der Waals surface area (Å²) in [5.41, 5.74) is 11.1. The second-order valence-electron chi connectivity index (χ2n) is 2.52. The van der Waals surface area contributed by atoms with Crippen LogP contribution < -0.4 is 16.6 Å². The number of halogens is 1. The van der Waals surface area contributed by atoms with Crippen LogP contribution in [0.4, 0.5) is 10.1 Å². The molecule has 5 heteroatoms. The third-order valence-electron chi connectivity index (χ3n) is 1.50. The van der Waals surface area contributed by atoms with E-state index in [0.717, 1.165) is 5.69 Å². The van der Waals surface area contributed by atoms with Crippen molar-refractivity contribution in [1.82, 2.24) is 5.43 Å². The first-order chi connectivity index (χ1) is 6.74. The monoisotopic (exact) mass is 194 g/mol. The third-order valence-corrected chi connectivity index (χ3v) is 1.50. The third kappa shape index (κ3) is 2.78. The molecule has 0 saturated heterocycles. The van der Waals surface area contributed by atoms with Gasteiger partial charge in [-0.25, -0.2) is 4.39 Å². The van der Waals surface area contributed by atoms with Crippen LogP contribution in [0.1, 0.15) is 0 Å². The first-order valence-electron chi connectivity index (χ1n) is 3.97. The van der Waals surface area contributed by atoms with E-state index in [0.29, 0.717) is 6.21 Å². The summed E-state index contributed by atoms with van der Waals surface area (Å²) in [4.78, 5) is 0. The largest absolute Gasteiger partial charge is 0.382 e. The zero-order valence-corrected chi connectivity index (χ0v) is 7.42. The van der Waals surface area contributed by atoms with Gasteiger partial charge in [-0.05, 0) is 12.1 Å². The summed E-state index contributed by atoms with van der Waals surface area (Å²) in [6.45, 7) is 0. The van der Waals surface area contributed by atoms with Gasteiger partial charge in [-0.1, -0.05) is 18.2 Å². The fraction of sp³-hybridized carbons (Fsp3) is 0. The number of hydrogen-bond acceptors (Lipinski definition) is 4. The van der Waals surface area contributed by atoms with E-state index in [9.17, 15) is 4.39 Å². The summed E-state index contributed by atoms with van der Waals surface area (Å²) < 4.78 is 12.6. The van der Waals surface area contributed by atoms with Gasteiger partial charge in [0.2, 0.25) is 0 Å². The van der Waals surface area contributed by atoms with Crippen LogP contribution in [0.3, 0.4) is 0 Å². The van der Waals surface area contributed by atoms with Crippen molar-refractivity contribution in [1.29, 1.82) is 5.41 Å². The zero-order valence-electron chi connectivity index (χ0n) is 7.42. The van der Waals surface area contributed by atoms with E-state index < -0.39 is 5.83 Å². The van der Waals surface area contributed by atoms with Gasteiger partial charge in [-0.15, -0.1) is 0 Å². The van der Waals surface area contributed by atoms with Crippen LogP contribution in [0.25, 0.3) is 0 Å². The summed E-state index contributed by atoms with van der Waals surface area (Å²) in [6.07, 6.45) is 0.537. The van der Waals surface area contributed by atoms with Gasteiger partial charge < -0.3 is 11.1 Å². The number of rotatable bonds is 4. The molecule has 4 nitrogen and oxygen atoms in total. The molecule has 0 atom stereocenters. The van der Waals surface area contributed by atoms with Gasteiger partial charge in [-0.2, -0.15) is 0 Å². The Kier molecular flexibility index (Phi) is 3.49. The van der Waals surface area contributed by atoms with E-state index in [-0.39, 0.29) is 5.82 Å². The molecule has 0 fully saturated rings. The predicted molar refractivity (Wildman–Crippen MR) is 54.3 cm³/mol. The Hall–Kier alpha value is -2.04. The fourth-order valence-electron chi connectivity index (χ4n) is 0.798. The van der Waals surface area contributed by atoms with Gasteiger partial charge in [0.25, 0.3) is 0 Å². The molecule has 0 aliphatic rings. The van der Waals surface area contributed by atoms with Crippen LogP contribution in [0.15, 0.2) is 42.0 Å². The van der Waals surface area contributed by atoms with E-state index in [1.807, 2.05) is 18.2 Å². The number of anilines is 1. The lowest BCUT2D eigenvalue weighted by atomic mass is 10.3. The number of nitrogens with one attached hydrogen (secondary N) is 3. The van der Waals surface area contributed by atoms with E-state index >= 15 is 0 Å². The molecule has 0 saturated carbocycles. The van der Waals surface area contributed by atoms with Gasteiger partial charge >= 0.3 is 0 Å². The average molecular weight is 194 g/mol. The first-order valence-corrected chi connectivity index (χ1v) is 3.97. The highest BCUT2D eigenvalue weighted by Crippen LogP contribution is 2.03. The van der Waals surface area contributed by atoms with Gasteiger partial charge in [0, 0.05) is 0 Å². The lowest BCUT2D eigenvalue weighted by Crippen LogP contribution is -2.27. The van der Waals surface area contributed by atoms with Crippen LogP contribution in [0.5, 0.6) is 0 Å². The quantitative estimate of drug-likeness (QED) is 0.432. The lowest BCUT2D eigenvalue weighted by molar-refractivity contribution is 0.655. The van der Waals surface area contributed by atoms with Crippen molar-refractivity contribution in [2.45, 2.75) is 0 Å². The van der Waals surface area contributed by atoms with Gasteiger partial charge in [0.1, 0.15) is 0 Å². The molecule has 0 radical (unpaired) electrons. The number of para-hydroxylation sites is 1. The van der Waals surface area contributed by atoms with Crippen LogP contribution >= 0.6 is 0 Å². The SMILES string of the molecule is N=C/C(F)=C(\N)NNc1ccccc1. The standard InChI is InChI=1S/C9H11FN4/c10-8(6-11)9(12)14-13-7-4-2-1-3-5-7/h1-6,11,13-14H,12H2/b9-8-,11-6?. The fourth-order valence-corrected chi connectivity index (χ4v) is 0.798. The molecule has 0 heterocycles. The maximum atomic E-state index is 12.6. The van der Waals surface area contributed by atoms with Crippen LogP contribution in [0, 0.1) is 5.41 Å². The topological polar surface area (TPSA) is 73.9 Å². The molecule has 1 aromatic carbocycles. The molecule has 0 aliphatic heterocycles. The molecule has 1 aromatic rings. The maximum absolute atomic E-state index is 12.6. The van der Waals surface area contributed by atoms with Crippen LogP contribution in [0.2, 0.25) is 0 Å². The van der Waals surface area contributed by atoms with E-state index in [2.05, 4.69) is 10.9 Å². The number of hydrazine groups is 1. The van der Waals surface area contributed by atoms with Crippen LogP contribution in [-0.4, -0.2) is 6.21 Å². The minimum atomic E-state index is -0.812. The maximum Gasteiger partial charge on any atom is 0.182 e. The summed E-state index contributed by atoms with van der Waals surface area (Å²) in [6, 6.07) is 9.11. The Bertz CT molecular complexity index is 334. The number of hydrogen-bond donors (Lipinski definition) is 4. The predicted octanol–water partition coefficient (Wildman–Crippen LogP) is 1.35. The molecule has 74 valence electrons. The summed E-state index contributed by atoms with van der Waals surface area (Å²) in [5.74, 6) is -1.03. The van der Waals surface area contributed by atoms with Crippen molar-refractivity contribution >= 4 is 11.9 Å². The summed E-state index contributed by atoms with van der Waals surface area (Å²) >= 11 is 0. The van der Waals surface area contributed by atoms with E-state index in [1.54, 1.807) is 12.1 Å². The Balaban J connectivity index is 2.54. The molecule has 0 aliphatic carbocycles. The van der Waals surface area contributed by atoms with Crippen molar-refractivity contribution in [3.05, 3.63) is 42.0 Å². The Morgan fingerprint density at radius 1 is 1.36 bits per heavy atom. The highest BCUT2D eigenvalue weighted by atomic mass is 19.1. The normalized spacial score (nSPS) is 11.5. The minimum Gasteiger partial charge on any atom is -0.382 e. The van der Waals surface area contributed by atoms with E-state index in [4.69, 9.17) is 11.1 Å². The summed E-state index contributed by atoms with van der Waals surface area (Å²) in [7, 11) is 0. The van der Waals surface area contributed by atoms with Crippen molar-refractivity contribution in [3.8, 4) is 0 Å². The molecule has 0 amide bonds. The molecule has 14 heavy (non-hydrogen) atoms. The lowest BCUT2D eigenvalue weighted by Gasteiger charge is -2.08. The van der Waals surface area contributed by atoms with Gasteiger partial charge in [0.15, 0.2) is 11.6 Å². The number of allylic oxidation sites excluding steroid dienone is 1. The van der Waals surface area contributed by atoms with E-state index in [1.165, 1.54) is 0 Å². The van der Waals surface area contributed by atoms with Crippen molar-refractivity contribution in [3.63, 3.8) is 0 Å². The van der Waals surface area contributed by atoms with Crippen LogP contribution in [-0.2, 0) is 0 Å². The number of nitrogens with two attached hydrogens (primary N) is 1. The molecule has 5 N–H and O–H groups in total. The van der Waals surface area contributed by atoms with Gasteiger partial charge in [0.05, 0.1) is 11.9 Å². The average Bonchev–Trinajstić information content (AvgIpc) is 2.26. The minimum absolute atomic E-state index is 0.219. The Morgan fingerprint density at radius 3 is 2.57 bits per heavy atom. The second-order valence-corrected chi connectivity index (χ2v) is 2.52. The van der Waals surface area contributed by atoms with Crippen molar-refractivity contribution in [2.24, 2.45) is 5.73 Å². The molecular weight excluding hydrogens is 183 g/mol. The highest BCUT2D eigenvalue weighted by molar-refractivity contribution is 5.73. The molecule has 0 aromatic heterocycles.